The van der Waals surface area contributed by atoms with Crippen LogP contribution in [0.1, 0.15) is 83.5 Å². The van der Waals surface area contributed by atoms with E-state index >= 15 is 0 Å². The fraction of sp³-hybridized carbons (Fsp3) is 0.818. The number of carbonyl (C=O) groups excluding carboxylic acids is 1. The van der Waals surface area contributed by atoms with Crippen LogP contribution in [0.25, 0.3) is 0 Å². The number of carboxylic acid groups (broad SMARTS) is 1. The lowest BCUT2D eigenvalue weighted by molar-refractivity contribution is -0.873. The maximum absolute atomic E-state index is 12.0. The highest BCUT2D eigenvalue weighted by atomic mass is 16.5. The number of likely N-dealkylation sites (N-methyl/N-ethyl adjacent to an activating group) is 1. The molecule has 0 aromatic heterocycles. The Balaban J connectivity index is 3.68. The molecule has 0 aliphatic heterocycles. The number of nitrogens with zero attached hydrogens (tertiary/aromatic N) is 1. The van der Waals surface area contributed by atoms with Crippen molar-refractivity contribution in [2.75, 3.05) is 27.7 Å². The molecule has 0 saturated heterocycles. The number of aliphatic carboxylic acids is 1. The molecule has 0 aliphatic carbocycles. The molecule has 0 aromatic carbocycles. The van der Waals surface area contributed by atoms with E-state index < -0.39 is 12.1 Å². The molecule has 1 N–H and O–H groups in total. The van der Waals surface area contributed by atoms with Crippen LogP contribution in [-0.2, 0) is 14.3 Å². The number of carboxylic acids is 1. The first-order valence-corrected chi connectivity index (χ1v) is 10.6. The second-order valence-electron chi connectivity index (χ2n) is 8.55. The van der Waals surface area contributed by atoms with E-state index in [0.717, 1.165) is 25.7 Å². The van der Waals surface area contributed by atoms with Crippen LogP contribution in [0, 0.1) is 0 Å². The van der Waals surface area contributed by atoms with Gasteiger partial charge in [-0.05, 0) is 19.3 Å². The lowest BCUT2D eigenvalue weighted by atomic mass is 10.1. The van der Waals surface area contributed by atoms with Crippen molar-refractivity contribution < 1.29 is 23.9 Å². The van der Waals surface area contributed by atoms with Gasteiger partial charge in [-0.3, -0.25) is 9.59 Å². The molecule has 0 spiro atoms. The van der Waals surface area contributed by atoms with Crippen LogP contribution >= 0.6 is 0 Å². The number of allylic oxidation sites excluding steroid dienone is 1. The molecule has 27 heavy (non-hydrogen) atoms. The molecular formula is C22H42NO4+. The average molecular weight is 385 g/mol. The zero-order valence-corrected chi connectivity index (χ0v) is 17.9. The van der Waals surface area contributed by atoms with Crippen LogP contribution in [0.3, 0.4) is 0 Å². The normalized spacial score (nSPS) is 12.6. The van der Waals surface area contributed by atoms with E-state index in [9.17, 15) is 9.59 Å². The Bertz CT molecular complexity index is 415. The molecule has 0 saturated carbocycles. The van der Waals surface area contributed by atoms with Gasteiger partial charge in [0.05, 0.1) is 27.6 Å². The van der Waals surface area contributed by atoms with Crippen LogP contribution in [0.2, 0.25) is 0 Å². The van der Waals surface area contributed by atoms with E-state index in [1.807, 2.05) is 27.2 Å². The number of hydrogen-bond donors (Lipinski definition) is 1. The number of carbonyl (C=O) groups is 2. The summed E-state index contributed by atoms with van der Waals surface area (Å²) in [6.45, 7) is 4.25. The van der Waals surface area contributed by atoms with Crippen LogP contribution in [0.15, 0.2) is 12.7 Å². The highest BCUT2D eigenvalue weighted by Crippen LogP contribution is 2.13. The minimum Gasteiger partial charge on any atom is -0.481 e. The van der Waals surface area contributed by atoms with Crippen molar-refractivity contribution in [1.29, 1.82) is 0 Å². The first-order valence-electron chi connectivity index (χ1n) is 10.6. The molecule has 5 heteroatoms. The van der Waals surface area contributed by atoms with Crippen LogP contribution in [0.4, 0.5) is 0 Å². The molecule has 158 valence electrons. The summed E-state index contributed by atoms with van der Waals surface area (Å²) in [6, 6.07) is 0. The summed E-state index contributed by atoms with van der Waals surface area (Å²) in [5, 5.41) is 8.98. The Labute approximate surface area is 166 Å². The number of unbranched alkanes of at least 4 members (excludes halogenated alkanes) is 10. The third kappa shape index (κ3) is 19.2. The van der Waals surface area contributed by atoms with Crippen molar-refractivity contribution >= 4 is 11.9 Å². The molecule has 0 fully saturated rings. The monoisotopic (exact) mass is 384 g/mol. The smallest absolute Gasteiger partial charge is 0.307 e. The summed E-state index contributed by atoms with van der Waals surface area (Å²) < 4.78 is 5.96. The second kappa shape index (κ2) is 15.7. The lowest BCUT2D eigenvalue weighted by Crippen LogP contribution is -2.43. The number of quaternary nitrogens is 1. The Morgan fingerprint density at radius 2 is 1.41 bits per heavy atom. The van der Waals surface area contributed by atoms with Gasteiger partial charge in [-0.2, -0.15) is 0 Å². The van der Waals surface area contributed by atoms with Crippen molar-refractivity contribution in [2.24, 2.45) is 0 Å². The first-order chi connectivity index (χ1) is 12.7. The topological polar surface area (TPSA) is 63.6 Å². The molecule has 1 unspecified atom stereocenters. The summed E-state index contributed by atoms with van der Waals surface area (Å²) in [6.07, 6.45) is 14.9. The predicted octanol–water partition coefficient (Wildman–Crippen LogP) is 4.95. The lowest BCUT2D eigenvalue weighted by Gasteiger charge is -2.28. The molecule has 0 heterocycles. The molecule has 1 atom stereocenters. The van der Waals surface area contributed by atoms with E-state index in [0.29, 0.717) is 17.4 Å². The maximum Gasteiger partial charge on any atom is 0.307 e. The zero-order valence-electron chi connectivity index (χ0n) is 17.9. The highest BCUT2D eigenvalue weighted by molar-refractivity contribution is 5.71. The largest absolute Gasteiger partial charge is 0.481 e. The second-order valence-corrected chi connectivity index (χ2v) is 8.55. The summed E-state index contributed by atoms with van der Waals surface area (Å²) in [4.78, 5) is 22.9. The minimum atomic E-state index is -0.929. The van der Waals surface area contributed by atoms with E-state index in [4.69, 9.17) is 9.84 Å². The van der Waals surface area contributed by atoms with Gasteiger partial charge in [-0.15, -0.1) is 6.58 Å². The van der Waals surface area contributed by atoms with Crippen molar-refractivity contribution in [3.8, 4) is 0 Å². The number of rotatable bonds is 18. The summed E-state index contributed by atoms with van der Waals surface area (Å²) in [7, 11) is 5.89. The van der Waals surface area contributed by atoms with Crippen molar-refractivity contribution in [2.45, 2.75) is 89.6 Å². The molecule has 5 nitrogen and oxygen atoms in total. The Kier molecular flexibility index (Phi) is 14.9. The highest BCUT2D eigenvalue weighted by Gasteiger charge is 2.24. The van der Waals surface area contributed by atoms with Gasteiger partial charge in [-0.25, -0.2) is 0 Å². The first kappa shape index (κ1) is 25.6. The van der Waals surface area contributed by atoms with Gasteiger partial charge in [0.1, 0.15) is 6.54 Å². The van der Waals surface area contributed by atoms with Crippen molar-refractivity contribution in [1.82, 2.24) is 0 Å². The van der Waals surface area contributed by atoms with Gasteiger partial charge >= 0.3 is 11.9 Å². The molecular weight excluding hydrogens is 342 g/mol. The molecule has 0 aliphatic rings. The Morgan fingerprint density at radius 1 is 0.926 bits per heavy atom. The molecule has 0 bridgehead atoms. The van der Waals surface area contributed by atoms with E-state index in [2.05, 4.69) is 6.58 Å². The third-order valence-corrected chi connectivity index (χ3v) is 4.49. The Morgan fingerprint density at radius 3 is 1.85 bits per heavy atom. The third-order valence-electron chi connectivity index (χ3n) is 4.49. The van der Waals surface area contributed by atoms with E-state index in [1.165, 1.54) is 44.9 Å². The number of esters is 1. The summed E-state index contributed by atoms with van der Waals surface area (Å²) in [5.74, 6) is -1.20. The van der Waals surface area contributed by atoms with Crippen molar-refractivity contribution in [3.05, 3.63) is 12.7 Å². The SMILES string of the molecule is C=CCCCCCCCCCCCCC(=O)OC(CC(=O)O)C[N+](C)(C)C. The van der Waals surface area contributed by atoms with Gasteiger partial charge in [0.2, 0.25) is 0 Å². The summed E-state index contributed by atoms with van der Waals surface area (Å²) >= 11 is 0. The molecule has 0 radical (unpaired) electrons. The number of hydrogen-bond acceptors (Lipinski definition) is 3. The Hall–Kier alpha value is -1.36. The van der Waals surface area contributed by atoms with Crippen molar-refractivity contribution in [3.63, 3.8) is 0 Å². The molecule has 0 amide bonds. The quantitative estimate of drug-likeness (QED) is 0.157. The van der Waals surface area contributed by atoms with Crippen LogP contribution < -0.4 is 0 Å². The average Bonchev–Trinajstić information content (AvgIpc) is 2.53. The predicted molar refractivity (Wildman–Crippen MR) is 111 cm³/mol. The van der Waals surface area contributed by atoms with Gasteiger partial charge in [0, 0.05) is 6.42 Å². The molecule has 0 rings (SSSR count). The summed E-state index contributed by atoms with van der Waals surface area (Å²) in [5.41, 5.74) is 0. The minimum absolute atomic E-state index is 0.130. The van der Waals surface area contributed by atoms with E-state index in [-0.39, 0.29) is 12.4 Å². The fourth-order valence-corrected chi connectivity index (χ4v) is 3.17. The van der Waals surface area contributed by atoms with Crippen LogP contribution in [-0.4, -0.2) is 55.3 Å². The van der Waals surface area contributed by atoms with Crippen LogP contribution in [0.5, 0.6) is 0 Å². The van der Waals surface area contributed by atoms with Gasteiger partial charge < -0.3 is 14.3 Å². The standard InChI is InChI=1S/C22H41NO4/c1-5-6-7-8-9-10-11-12-13-14-15-16-17-22(26)27-20(18-21(24)25)19-23(2,3)4/h5,20H,1,6-19H2,2-4H3/p+1. The zero-order chi connectivity index (χ0) is 20.5. The van der Waals surface area contributed by atoms with E-state index in [1.54, 1.807) is 0 Å². The van der Waals surface area contributed by atoms with Gasteiger partial charge in [0.15, 0.2) is 6.10 Å². The van der Waals surface area contributed by atoms with Gasteiger partial charge in [0.25, 0.3) is 0 Å². The maximum atomic E-state index is 12.0. The molecule has 0 aromatic rings. The van der Waals surface area contributed by atoms with Gasteiger partial charge in [-0.1, -0.05) is 57.4 Å². The number of ether oxygens (including phenoxy) is 1. The fourth-order valence-electron chi connectivity index (χ4n) is 3.17.